The summed E-state index contributed by atoms with van der Waals surface area (Å²) >= 11 is 0. The van der Waals surface area contributed by atoms with Gasteiger partial charge in [0.1, 0.15) is 0 Å². The fourth-order valence-corrected chi connectivity index (χ4v) is 4.32. The molecule has 2 fully saturated rings. The highest BCUT2D eigenvalue weighted by Crippen LogP contribution is 2.14. The van der Waals surface area contributed by atoms with Gasteiger partial charge >= 0.3 is 0 Å². The quantitative estimate of drug-likeness (QED) is 0.369. The van der Waals surface area contributed by atoms with Gasteiger partial charge in [-0.25, -0.2) is 0 Å². The van der Waals surface area contributed by atoms with Crippen LogP contribution in [-0.4, -0.2) is 98.7 Å². The van der Waals surface area contributed by atoms with E-state index in [4.69, 9.17) is 4.74 Å². The minimum atomic E-state index is -0.0248. The third-order valence-corrected chi connectivity index (χ3v) is 6.27. The van der Waals surface area contributed by atoms with E-state index in [2.05, 4.69) is 51.3 Å². The molecule has 2 aliphatic heterocycles. The van der Waals surface area contributed by atoms with Crippen molar-refractivity contribution in [1.82, 2.24) is 20.0 Å². The molecule has 0 aliphatic carbocycles. The Labute approximate surface area is 187 Å². The van der Waals surface area contributed by atoms with Gasteiger partial charge < -0.3 is 19.9 Å². The topological polar surface area (TPSA) is 60.4 Å². The highest BCUT2D eigenvalue weighted by atomic mass is 16.5. The van der Waals surface area contributed by atoms with Crippen LogP contribution in [0.5, 0.6) is 0 Å². The van der Waals surface area contributed by atoms with Gasteiger partial charge in [0.15, 0.2) is 5.96 Å². The molecule has 2 heterocycles. The molecule has 2 saturated heterocycles. The Hall–Kier alpha value is -2.12. The van der Waals surface area contributed by atoms with Gasteiger partial charge in [-0.1, -0.05) is 30.3 Å². The Balaban J connectivity index is 1.28. The van der Waals surface area contributed by atoms with E-state index in [1.165, 1.54) is 5.56 Å². The molecule has 1 aromatic rings. The number of amides is 1. The van der Waals surface area contributed by atoms with Crippen LogP contribution in [0.2, 0.25) is 0 Å². The highest BCUT2D eigenvalue weighted by molar-refractivity contribution is 5.82. The predicted molar refractivity (Wildman–Crippen MR) is 125 cm³/mol. The van der Waals surface area contributed by atoms with Crippen LogP contribution in [-0.2, 0) is 16.0 Å². The van der Waals surface area contributed by atoms with Gasteiger partial charge in [0.25, 0.3) is 0 Å². The molecule has 2 aliphatic rings. The standard InChI is InChI=1S/C24H39N5O2/c1-21(23(30)28-13-6-7-14-28)27-15-17-29(18-16-27)24(25-2)26-12-8-19-31-20-11-22-9-4-3-5-10-22/h3-5,9-10,21H,6-8,11-20H2,1-2H3,(H,25,26). The van der Waals surface area contributed by atoms with Crippen LogP contribution in [0.1, 0.15) is 31.7 Å². The molecule has 1 aromatic carbocycles. The number of hydrogen-bond acceptors (Lipinski definition) is 4. The summed E-state index contributed by atoms with van der Waals surface area (Å²) < 4.78 is 5.77. The van der Waals surface area contributed by atoms with E-state index in [1.54, 1.807) is 0 Å². The first-order valence-electron chi connectivity index (χ1n) is 11.8. The summed E-state index contributed by atoms with van der Waals surface area (Å²) in [5.41, 5.74) is 1.32. The van der Waals surface area contributed by atoms with Crippen LogP contribution in [0.3, 0.4) is 0 Å². The Morgan fingerprint density at radius 1 is 1.03 bits per heavy atom. The monoisotopic (exact) mass is 429 g/mol. The summed E-state index contributed by atoms with van der Waals surface area (Å²) in [5, 5.41) is 3.46. The van der Waals surface area contributed by atoms with Crippen LogP contribution in [0.4, 0.5) is 0 Å². The van der Waals surface area contributed by atoms with Gasteiger partial charge in [-0.15, -0.1) is 0 Å². The van der Waals surface area contributed by atoms with Crippen molar-refractivity contribution >= 4 is 11.9 Å². The highest BCUT2D eigenvalue weighted by Gasteiger charge is 2.30. The second-order valence-corrected chi connectivity index (χ2v) is 8.41. The molecule has 0 aromatic heterocycles. The fourth-order valence-electron chi connectivity index (χ4n) is 4.32. The smallest absolute Gasteiger partial charge is 0.239 e. The maximum absolute atomic E-state index is 12.7. The number of benzene rings is 1. The molecule has 1 atom stereocenters. The van der Waals surface area contributed by atoms with Crippen molar-refractivity contribution in [2.75, 3.05) is 66.1 Å². The maximum atomic E-state index is 12.7. The SMILES string of the molecule is CN=C(NCCCOCCc1ccccc1)N1CCN(C(C)C(=O)N2CCCC2)CC1. The summed E-state index contributed by atoms with van der Waals surface area (Å²) in [5.74, 6) is 1.24. The van der Waals surface area contributed by atoms with Crippen LogP contribution >= 0.6 is 0 Å². The summed E-state index contributed by atoms with van der Waals surface area (Å²) in [7, 11) is 1.84. The van der Waals surface area contributed by atoms with E-state index >= 15 is 0 Å². The van der Waals surface area contributed by atoms with Gasteiger partial charge in [0.05, 0.1) is 12.6 Å². The van der Waals surface area contributed by atoms with Crippen molar-refractivity contribution in [1.29, 1.82) is 0 Å². The number of guanidine groups is 1. The first kappa shape index (κ1) is 23.5. The van der Waals surface area contributed by atoms with E-state index in [-0.39, 0.29) is 6.04 Å². The molecule has 0 saturated carbocycles. The van der Waals surface area contributed by atoms with Gasteiger partial charge in [-0.05, 0) is 38.2 Å². The molecule has 1 unspecified atom stereocenters. The lowest BCUT2D eigenvalue weighted by Gasteiger charge is -2.39. The zero-order valence-electron chi connectivity index (χ0n) is 19.3. The van der Waals surface area contributed by atoms with Crippen molar-refractivity contribution in [3.63, 3.8) is 0 Å². The average Bonchev–Trinajstić information content (AvgIpc) is 3.36. The first-order chi connectivity index (χ1) is 15.2. The molecule has 7 nitrogen and oxygen atoms in total. The second-order valence-electron chi connectivity index (χ2n) is 8.41. The van der Waals surface area contributed by atoms with Crippen molar-refractivity contribution in [2.45, 2.75) is 38.6 Å². The third-order valence-electron chi connectivity index (χ3n) is 6.27. The lowest BCUT2D eigenvalue weighted by molar-refractivity contribution is -0.135. The number of nitrogens with zero attached hydrogens (tertiary/aromatic N) is 4. The van der Waals surface area contributed by atoms with E-state index in [9.17, 15) is 4.79 Å². The van der Waals surface area contributed by atoms with Crippen molar-refractivity contribution < 1.29 is 9.53 Å². The molecular formula is C24H39N5O2. The third kappa shape index (κ3) is 7.21. The van der Waals surface area contributed by atoms with Crippen molar-refractivity contribution in [2.24, 2.45) is 4.99 Å². The molecule has 31 heavy (non-hydrogen) atoms. The Morgan fingerprint density at radius 3 is 2.42 bits per heavy atom. The molecule has 0 spiro atoms. The van der Waals surface area contributed by atoms with E-state index in [0.717, 1.165) is 90.7 Å². The molecule has 172 valence electrons. The fraction of sp³-hybridized carbons (Fsp3) is 0.667. The van der Waals surface area contributed by atoms with Crippen molar-refractivity contribution in [3.8, 4) is 0 Å². The lowest BCUT2D eigenvalue weighted by atomic mass is 10.2. The zero-order valence-corrected chi connectivity index (χ0v) is 19.3. The molecular weight excluding hydrogens is 390 g/mol. The number of carbonyl (C=O) groups excluding carboxylic acids is 1. The second kappa shape index (κ2) is 12.7. The molecule has 7 heteroatoms. The lowest BCUT2D eigenvalue weighted by Crippen LogP contribution is -2.57. The van der Waals surface area contributed by atoms with Crippen LogP contribution in [0.25, 0.3) is 0 Å². The summed E-state index contributed by atoms with van der Waals surface area (Å²) in [6, 6.07) is 10.4. The number of hydrogen-bond donors (Lipinski definition) is 1. The number of ether oxygens (including phenoxy) is 1. The number of nitrogens with one attached hydrogen (secondary N) is 1. The number of aliphatic imine (C=N–C) groups is 1. The number of likely N-dealkylation sites (tertiary alicyclic amines) is 1. The maximum Gasteiger partial charge on any atom is 0.239 e. The Bertz CT molecular complexity index is 682. The Kier molecular flexibility index (Phi) is 9.62. The minimum absolute atomic E-state index is 0.0248. The molecule has 1 amide bonds. The van der Waals surface area contributed by atoms with Crippen LogP contribution in [0.15, 0.2) is 35.3 Å². The molecule has 3 rings (SSSR count). The number of rotatable bonds is 9. The minimum Gasteiger partial charge on any atom is -0.381 e. The zero-order chi connectivity index (χ0) is 21.9. The largest absolute Gasteiger partial charge is 0.381 e. The predicted octanol–water partition coefficient (Wildman–Crippen LogP) is 1.84. The van der Waals surface area contributed by atoms with Gasteiger partial charge in [0.2, 0.25) is 5.91 Å². The van der Waals surface area contributed by atoms with E-state index < -0.39 is 0 Å². The van der Waals surface area contributed by atoms with Gasteiger partial charge in [-0.2, -0.15) is 0 Å². The molecule has 0 radical (unpaired) electrons. The first-order valence-corrected chi connectivity index (χ1v) is 11.8. The summed E-state index contributed by atoms with van der Waals surface area (Å²) in [6.07, 6.45) is 4.20. The normalized spacial score (nSPS) is 19.0. The Morgan fingerprint density at radius 2 is 1.74 bits per heavy atom. The molecule has 0 bridgehead atoms. The van der Waals surface area contributed by atoms with Crippen LogP contribution < -0.4 is 5.32 Å². The van der Waals surface area contributed by atoms with Gasteiger partial charge in [-0.3, -0.25) is 14.7 Å². The van der Waals surface area contributed by atoms with Gasteiger partial charge in [0, 0.05) is 59.5 Å². The van der Waals surface area contributed by atoms with Crippen LogP contribution in [0, 0.1) is 0 Å². The summed E-state index contributed by atoms with van der Waals surface area (Å²) in [4.78, 5) is 23.7. The van der Waals surface area contributed by atoms with E-state index in [0.29, 0.717) is 5.91 Å². The number of carbonyl (C=O) groups is 1. The van der Waals surface area contributed by atoms with E-state index in [1.807, 2.05) is 18.0 Å². The number of piperazine rings is 1. The molecule has 1 N–H and O–H groups in total. The van der Waals surface area contributed by atoms with Crippen molar-refractivity contribution in [3.05, 3.63) is 35.9 Å². The summed E-state index contributed by atoms with van der Waals surface area (Å²) in [6.45, 7) is 9.84. The average molecular weight is 430 g/mol.